The van der Waals surface area contributed by atoms with Gasteiger partial charge in [0, 0.05) is 11.3 Å². The van der Waals surface area contributed by atoms with Crippen LogP contribution in [0.25, 0.3) is 5.69 Å². The number of rotatable bonds is 3. The maximum Gasteiger partial charge on any atom is 0.416 e. The molecule has 2 aromatic carbocycles. The van der Waals surface area contributed by atoms with Gasteiger partial charge in [0.15, 0.2) is 0 Å². The van der Waals surface area contributed by atoms with E-state index in [2.05, 4.69) is 20.8 Å². The van der Waals surface area contributed by atoms with Crippen LogP contribution in [0, 0.1) is 6.92 Å². The van der Waals surface area contributed by atoms with Crippen LogP contribution in [0.15, 0.2) is 48.8 Å². The molecule has 0 aliphatic carbocycles. The zero-order chi connectivity index (χ0) is 18.0. The molecule has 3 rings (SSSR count). The van der Waals surface area contributed by atoms with E-state index in [9.17, 15) is 18.0 Å². The zero-order valence-electron chi connectivity index (χ0n) is 12.9. The van der Waals surface area contributed by atoms with Crippen LogP contribution in [0.5, 0.6) is 0 Å². The van der Waals surface area contributed by atoms with Crippen LogP contribution >= 0.6 is 0 Å². The number of hydrogen-bond acceptors (Lipinski definition) is 4. The fourth-order valence-corrected chi connectivity index (χ4v) is 2.30. The number of amides is 1. The number of halogens is 3. The Morgan fingerprint density at radius 2 is 1.96 bits per heavy atom. The Kier molecular flexibility index (Phi) is 4.22. The third-order valence-electron chi connectivity index (χ3n) is 3.50. The smallest absolute Gasteiger partial charge is 0.322 e. The summed E-state index contributed by atoms with van der Waals surface area (Å²) >= 11 is 0. The van der Waals surface area contributed by atoms with Crippen LogP contribution in [-0.2, 0) is 6.18 Å². The van der Waals surface area contributed by atoms with Crippen molar-refractivity contribution in [3.8, 4) is 5.69 Å². The molecule has 1 aromatic heterocycles. The summed E-state index contributed by atoms with van der Waals surface area (Å²) in [5, 5.41) is 13.5. The third-order valence-corrected chi connectivity index (χ3v) is 3.50. The summed E-state index contributed by atoms with van der Waals surface area (Å²) in [7, 11) is 0. The molecule has 0 saturated carbocycles. The van der Waals surface area contributed by atoms with Crippen molar-refractivity contribution < 1.29 is 18.0 Å². The number of aryl methyl sites for hydroxylation is 1. The van der Waals surface area contributed by atoms with Crippen molar-refractivity contribution in [2.24, 2.45) is 0 Å². The number of anilines is 1. The number of hydrogen-bond donors (Lipinski definition) is 1. The predicted octanol–water partition coefficient (Wildman–Crippen LogP) is 3.24. The Labute approximate surface area is 140 Å². The lowest BCUT2D eigenvalue weighted by molar-refractivity contribution is -0.137. The first kappa shape index (κ1) is 16.6. The van der Waals surface area contributed by atoms with Crippen molar-refractivity contribution in [1.82, 2.24) is 20.2 Å². The van der Waals surface area contributed by atoms with Crippen molar-refractivity contribution in [3.63, 3.8) is 0 Å². The lowest BCUT2D eigenvalue weighted by Gasteiger charge is -2.11. The lowest BCUT2D eigenvalue weighted by atomic mass is 10.1. The van der Waals surface area contributed by atoms with Crippen LogP contribution in [0.1, 0.15) is 21.5 Å². The molecule has 1 amide bonds. The number of nitrogens with one attached hydrogen (secondary N) is 1. The molecule has 128 valence electrons. The number of aromatic nitrogens is 4. The molecule has 3 aromatic rings. The van der Waals surface area contributed by atoms with Crippen LogP contribution in [0.3, 0.4) is 0 Å². The predicted molar refractivity (Wildman–Crippen MR) is 83.3 cm³/mol. The van der Waals surface area contributed by atoms with E-state index in [0.717, 1.165) is 23.4 Å². The van der Waals surface area contributed by atoms with Gasteiger partial charge < -0.3 is 5.32 Å². The zero-order valence-corrected chi connectivity index (χ0v) is 12.9. The first-order chi connectivity index (χ1) is 11.8. The minimum atomic E-state index is -4.50. The average molecular weight is 347 g/mol. The van der Waals surface area contributed by atoms with E-state index in [0.29, 0.717) is 5.69 Å². The molecule has 0 atom stereocenters. The first-order valence-corrected chi connectivity index (χ1v) is 7.17. The van der Waals surface area contributed by atoms with Gasteiger partial charge in [0.05, 0.1) is 11.3 Å². The van der Waals surface area contributed by atoms with Crippen molar-refractivity contribution in [3.05, 3.63) is 65.5 Å². The van der Waals surface area contributed by atoms with Gasteiger partial charge in [0.1, 0.15) is 6.33 Å². The average Bonchev–Trinajstić information content (AvgIpc) is 3.08. The molecular formula is C16H12F3N5O. The minimum Gasteiger partial charge on any atom is -0.322 e. The maximum absolute atomic E-state index is 12.7. The monoisotopic (exact) mass is 347 g/mol. The second-order valence-electron chi connectivity index (χ2n) is 5.29. The van der Waals surface area contributed by atoms with E-state index in [1.807, 2.05) is 0 Å². The number of tetrazole rings is 1. The molecule has 0 radical (unpaired) electrons. The molecule has 0 aliphatic rings. The number of benzene rings is 2. The van der Waals surface area contributed by atoms with Crippen molar-refractivity contribution in [1.29, 1.82) is 0 Å². The Bertz CT molecular complexity index is 906. The fourth-order valence-electron chi connectivity index (χ4n) is 2.30. The van der Waals surface area contributed by atoms with Crippen molar-refractivity contribution in [2.45, 2.75) is 13.1 Å². The van der Waals surface area contributed by atoms with Crippen molar-refractivity contribution >= 4 is 11.6 Å². The van der Waals surface area contributed by atoms with Gasteiger partial charge in [-0.2, -0.15) is 13.2 Å². The van der Waals surface area contributed by atoms with E-state index < -0.39 is 17.6 Å². The quantitative estimate of drug-likeness (QED) is 0.789. The van der Waals surface area contributed by atoms with E-state index in [-0.39, 0.29) is 5.56 Å². The van der Waals surface area contributed by atoms with E-state index >= 15 is 0 Å². The molecule has 1 heterocycles. The summed E-state index contributed by atoms with van der Waals surface area (Å²) in [5.41, 5.74) is 1.02. The van der Waals surface area contributed by atoms with Gasteiger partial charge in [-0.15, -0.1) is 5.10 Å². The topological polar surface area (TPSA) is 72.7 Å². The van der Waals surface area contributed by atoms with E-state index in [1.54, 1.807) is 25.1 Å². The molecule has 0 unspecified atom stereocenters. The maximum atomic E-state index is 12.7. The first-order valence-electron chi connectivity index (χ1n) is 7.17. The molecule has 0 bridgehead atoms. The number of carbonyl (C=O) groups is 1. The van der Waals surface area contributed by atoms with Crippen molar-refractivity contribution in [2.75, 3.05) is 5.32 Å². The van der Waals surface area contributed by atoms with E-state index in [1.165, 1.54) is 23.1 Å². The summed E-state index contributed by atoms with van der Waals surface area (Å²) < 4.78 is 39.7. The minimum absolute atomic E-state index is 0.0722. The molecule has 0 aliphatic heterocycles. The molecule has 1 N–H and O–H groups in total. The molecule has 25 heavy (non-hydrogen) atoms. The summed E-state index contributed by atoms with van der Waals surface area (Å²) in [6.07, 6.45) is -3.07. The Hall–Kier alpha value is -3.23. The lowest BCUT2D eigenvalue weighted by Crippen LogP contribution is -2.14. The summed E-state index contributed by atoms with van der Waals surface area (Å²) in [4.78, 5) is 12.2. The Morgan fingerprint density at radius 1 is 1.16 bits per heavy atom. The number of nitrogens with zero attached hydrogens (tertiary/aromatic N) is 4. The molecule has 0 saturated heterocycles. The van der Waals surface area contributed by atoms with Gasteiger partial charge >= 0.3 is 6.18 Å². The SMILES string of the molecule is Cc1cc(NC(=O)c2cccc(C(F)(F)F)c2)ccc1-n1cnnn1. The summed E-state index contributed by atoms with van der Waals surface area (Å²) in [6.45, 7) is 1.80. The van der Waals surface area contributed by atoms with Gasteiger partial charge in [-0.05, 0) is 59.3 Å². The molecule has 6 nitrogen and oxygen atoms in total. The summed E-state index contributed by atoms with van der Waals surface area (Å²) in [6, 6.07) is 9.27. The van der Waals surface area contributed by atoms with Gasteiger partial charge in [-0.1, -0.05) is 6.07 Å². The highest BCUT2D eigenvalue weighted by molar-refractivity contribution is 6.04. The molecule has 0 spiro atoms. The third kappa shape index (κ3) is 3.65. The van der Waals surface area contributed by atoms with Crippen LogP contribution in [-0.4, -0.2) is 26.1 Å². The van der Waals surface area contributed by atoms with Crippen LogP contribution < -0.4 is 5.32 Å². The summed E-state index contributed by atoms with van der Waals surface area (Å²) in [5.74, 6) is -0.624. The highest BCUT2D eigenvalue weighted by atomic mass is 19.4. The molecule has 9 heteroatoms. The van der Waals surface area contributed by atoms with Crippen LogP contribution in [0.4, 0.5) is 18.9 Å². The second kappa shape index (κ2) is 6.34. The van der Waals surface area contributed by atoms with Gasteiger partial charge in [0.25, 0.3) is 5.91 Å². The van der Waals surface area contributed by atoms with E-state index in [4.69, 9.17) is 0 Å². The second-order valence-corrected chi connectivity index (χ2v) is 5.29. The highest BCUT2D eigenvalue weighted by Crippen LogP contribution is 2.29. The highest BCUT2D eigenvalue weighted by Gasteiger charge is 2.30. The van der Waals surface area contributed by atoms with Gasteiger partial charge in [-0.25, -0.2) is 4.68 Å². The van der Waals surface area contributed by atoms with Gasteiger partial charge in [-0.3, -0.25) is 4.79 Å². The van der Waals surface area contributed by atoms with Gasteiger partial charge in [0.2, 0.25) is 0 Å². The normalized spacial score (nSPS) is 11.4. The Morgan fingerprint density at radius 3 is 2.60 bits per heavy atom. The number of alkyl halides is 3. The standard InChI is InChI=1S/C16H12F3N5O/c1-10-7-13(5-6-14(10)24-9-20-22-23-24)21-15(25)11-3-2-4-12(8-11)16(17,18)19/h2-9H,1H3,(H,21,25). The Balaban J connectivity index is 1.81. The molecular weight excluding hydrogens is 335 g/mol. The van der Waals surface area contributed by atoms with Crippen LogP contribution in [0.2, 0.25) is 0 Å². The molecule has 0 fully saturated rings. The number of carbonyl (C=O) groups excluding carboxylic acids is 1. The largest absolute Gasteiger partial charge is 0.416 e. The fraction of sp³-hybridized carbons (Fsp3) is 0.125.